The van der Waals surface area contributed by atoms with Crippen LogP contribution in [0.3, 0.4) is 0 Å². The molecule has 0 aromatic carbocycles. The van der Waals surface area contributed by atoms with Gasteiger partial charge in [0.2, 0.25) is 11.8 Å². The number of nitrogens with one attached hydrogen (secondary N) is 2. The van der Waals surface area contributed by atoms with Crippen molar-refractivity contribution in [3.63, 3.8) is 0 Å². The maximum atomic E-state index is 13.0. The quantitative estimate of drug-likeness (QED) is 0.101. The second-order valence-electron chi connectivity index (χ2n) is 8.50. The SMILES string of the molecule is CCCCOP(=O)(OCCCC)OCC[C@H](NC(=O)C[C@@H](C)OC(=O)CC)C(=O)NCCCCCO. The van der Waals surface area contributed by atoms with Crippen LogP contribution in [0.1, 0.15) is 91.9 Å². The fourth-order valence-corrected chi connectivity index (χ4v) is 4.17. The Balaban J connectivity index is 5.06. The van der Waals surface area contributed by atoms with Crippen LogP contribution in [-0.4, -0.2) is 68.0 Å². The molecule has 0 saturated heterocycles. The molecule has 0 aliphatic carbocycles. The summed E-state index contributed by atoms with van der Waals surface area (Å²) in [5.41, 5.74) is 0. The fourth-order valence-electron chi connectivity index (χ4n) is 2.92. The van der Waals surface area contributed by atoms with Crippen LogP contribution in [0.5, 0.6) is 0 Å². The van der Waals surface area contributed by atoms with Crippen molar-refractivity contribution in [1.29, 1.82) is 0 Å². The first-order chi connectivity index (χ1) is 17.2. The molecule has 36 heavy (non-hydrogen) atoms. The van der Waals surface area contributed by atoms with Crippen LogP contribution in [0.15, 0.2) is 0 Å². The molecule has 0 aromatic heterocycles. The van der Waals surface area contributed by atoms with Gasteiger partial charge in [-0.1, -0.05) is 33.6 Å². The summed E-state index contributed by atoms with van der Waals surface area (Å²) in [6.45, 7) is 8.00. The summed E-state index contributed by atoms with van der Waals surface area (Å²) >= 11 is 0. The normalized spacial score (nSPS) is 13.1. The number of rotatable bonds is 23. The Hall–Kier alpha value is -1.52. The first kappa shape index (κ1) is 34.5. The molecule has 0 bridgehead atoms. The zero-order valence-electron chi connectivity index (χ0n) is 22.4. The number of aliphatic hydroxyl groups is 1. The summed E-state index contributed by atoms with van der Waals surface area (Å²) in [4.78, 5) is 36.7. The third-order valence-corrected chi connectivity index (χ3v) is 6.53. The smallest absolute Gasteiger partial charge is 0.462 e. The second kappa shape index (κ2) is 21.6. The molecule has 0 rings (SSSR count). The highest BCUT2D eigenvalue weighted by atomic mass is 31.2. The van der Waals surface area contributed by atoms with Gasteiger partial charge in [-0.2, -0.15) is 0 Å². The summed E-state index contributed by atoms with van der Waals surface area (Å²) in [5.74, 6) is -1.29. The molecular formula is C24H47N2O9P. The second-order valence-corrected chi connectivity index (χ2v) is 10.2. The lowest BCUT2D eigenvalue weighted by Crippen LogP contribution is -2.48. The number of carbonyl (C=O) groups excluding carboxylic acids is 3. The average molecular weight is 539 g/mol. The predicted octanol–water partition coefficient (Wildman–Crippen LogP) is 3.63. The predicted molar refractivity (Wildman–Crippen MR) is 136 cm³/mol. The van der Waals surface area contributed by atoms with Gasteiger partial charge in [0.25, 0.3) is 0 Å². The minimum Gasteiger partial charge on any atom is -0.462 e. The largest absolute Gasteiger partial charge is 0.474 e. The minimum absolute atomic E-state index is 0.0373. The van der Waals surface area contributed by atoms with Gasteiger partial charge in [0, 0.05) is 26.0 Å². The number of hydrogen-bond acceptors (Lipinski definition) is 9. The highest BCUT2D eigenvalue weighted by Crippen LogP contribution is 2.49. The Bertz CT molecular complexity index is 649. The van der Waals surface area contributed by atoms with Crippen LogP contribution in [-0.2, 0) is 37.3 Å². The molecule has 0 unspecified atom stereocenters. The maximum absolute atomic E-state index is 13.0. The van der Waals surface area contributed by atoms with E-state index in [1.165, 1.54) is 0 Å². The van der Waals surface area contributed by atoms with Gasteiger partial charge >= 0.3 is 13.8 Å². The van der Waals surface area contributed by atoms with E-state index in [0.717, 1.165) is 19.3 Å². The summed E-state index contributed by atoms with van der Waals surface area (Å²) < 4.78 is 34.3. The van der Waals surface area contributed by atoms with Gasteiger partial charge in [-0.05, 0) is 39.0 Å². The number of unbranched alkanes of at least 4 members (excludes halogenated alkanes) is 4. The number of phosphoric acid groups is 1. The topological polar surface area (TPSA) is 149 Å². The zero-order valence-corrected chi connectivity index (χ0v) is 23.3. The third kappa shape index (κ3) is 17.8. The van der Waals surface area contributed by atoms with Crippen LogP contribution in [0.4, 0.5) is 0 Å². The van der Waals surface area contributed by atoms with Crippen LogP contribution >= 0.6 is 7.82 Å². The van der Waals surface area contributed by atoms with Crippen LogP contribution in [0, 0.1) is 0 Å². The lowest BCUT2D eigenvalue weighted by Gasteiger charge is -2.22. The Morgan fingerprint density at radius 2 is 1.50 bits per heavy atom. The van der Waals surface area contributed by atoms with Crippen LogP contribution in [0.2, 0.25) is 0 Å². The van der Waals surface area contributed by atoms with Crippen molar-refractivity contribution in [1.82, 2.24) is 10.6 Å². The van der Waals surface area contributed by atoms with Gasteiger partial charge in [0.05, 0.1) is 26.2 Å². The Morgan fingerprint density at radius 3 is 2.06 bits per heavy atom. The monoisotopic (exact) mass is 538 g/mol. The molecule has 0 aromatic rings. The van der Waals surface area contributed by atoms with Crippen LogP contribution in [0.25, 0.3) is 0 Å². The maximum Gasteiger partial charge on any atom is 0.474 e. The molecule has 11 nitrogen and oxygen atoms in total. The van der Waals surface area contributed by atoms with Gasteiger partial charge < -0.3 is 20.5 Å². The van der Waals surface area contributed by atoms with Crippen LogP contribution < -0.4 is 10.6 Å². The molecule has 0 fully saturated rings. The number of esters is 1. The summed E-state index contributed by atoms with van der Waals surface area (Å²) in [6, 6.07) is -0.954. The van der Waals surface area contributed by atoms with Gasteiger partial charge in [-0.3, -0.25) is 28.0 Å². The van der Waals surface area contributed by atoms with Crippen molar-refractivity contribution in [3.8, 4) is 0 Å². The van der Waals surface area contributed by atoms with E-state index in [0.29, 0.717) is 32.2 Å². The van der Waals surface area contributed by atoms with E-state index in [2.05, 4.69) is 10.6 Å². The number of ether oxygens (including phenoxy) is 1. The highest BCUT2D eigenvalue weighted by Gasteiger charge is 2.28. The van der Waals surface area contributed by atoms with E-state index in [1.54, 1.807) is 13.8 Å². The number of aliphatic hydroxyl groups excluding tert-OH is 1. The van der Waals surface area contributed by atoms with Gasteiger partial charge in [-0.25, -0.2) is 4.57 Å². The van der Waals surface area contributed by atoms with Crippen molar-refractivity contribution >= 4 is 25.6 Å². The van der Waals surface area contributed by atoms with E-state index in [9.17, 15) is 18.9 Å². The minimum atomic E-state index is -3.80. The summed E-state index contributed by atoms with van der Waals surface area (Å²) in [5, 5.41) is 14.3. The van der Waals surface area contributed by atoms with E-state index in [-0.39, 0.29) is 45.7 Å². The van der Waals surface area contributed by atoms with Gasteiger partial charge in [0.1, 0.15) is 12.1 Å². The highest BCUT2D eigenvalue weighted by molar-refractivity contribution is 7.48. The number of amides is 2. The van der Waals surface area contributed by atoms with E-state index in [1.807, 2.05) is 13.8 Å². The fraction of sp³-hybridized carbons (Fsp3) is 0.875. The molecule has 0 spiro atoms. The molecule has 0 saturated carbocycles. The number of carbonyl (C=O) groups is 3. The molecule has 3 N–H and O–H groups in total. The molecule has 0 heterocycles. The van der Waals surface area contributed by atoms with E-state index >= 15 is 0 Å². The Kier molecular flexibility index (Phi) is 20.6. The first-order valence-corrected chi connectivity index (χ1v) is 14.6. The Morgan fingerprint density at radius 1 is 0.889 bits per heavy atom. The molecule has 0 aliphatic rings. The summed E-state index contributed by atoms with van der Waals surface area (Å²) in [6.07, 6.45) is 4.67. The average Bonchev–Trinajstić information content (AvgIpc) is 2.83. The van der Waals surface area contributed by atoms with Gasteiger partial charge in [0.15, 0.2) is 0 Å². The molecule has 0 aliphatic heterocycles. The molecule has 0 radical (unpaired) electrons. The standard InChI is InChI=1S/C24H47N2O9P/c1-5-8-16-32-36(31,33-17-9-6-2)34-18-13-21(24(30)25-14-11-10-12-15-27)26-22(28)19-20(4)35-23(29)7-3/h20-21,27H,5-19H2,1-4H3,(H,25,30)(H,26,28)/t20-,21+/m1/s1. The Labute approximate surface area is 216 Å². The number of phosphoric ester groups is 1. The lowest BCUT2D eigenvalue weighted by atomic mass is 10.1. The van der Waals surface area contributed by atoms with Crippen molar-refractivity contribution < 1.29 is 42.4 Å². The molecule has 2 amide bonds. The molecular weight excluding hydrogens is 491 g/mol. The molecule has 2 atom stereocenters. The van der Waals surface area contributed by atoms with Gasteiger partial charge in [-0.15, -0.1) is 0 Å². The molecule has 12 heteroatoms. The van der Waals surface area contributed by atoms with E-state index in [4.69, 9.17) is 23.4 Å². The third-order valence-electron chi connectivity index (χ3n) is 5.03. The zero-order chi connectivity index (χ0) is 27.2. The lowest BCUT2D eigenvalue weighted by molar-refractivity contribution is -0.149. The summed E-state index contributed by atoms with van der Waals surface area (Å²) in [7, 11) is -3.80. The first-order valence-electron chi connectivity index (χ1n) is 13.1. The van der Waals surface area contributed by atoms with Crippen molar-refractivity contribution in [2.24, 2.45) is 0 Å². The number of hydrogen-bond donors (Lipinski definition) is 3. The van der Waals surface area contributed by atoms with Crippen molar-refractivity contribution in [2.45, 2.75) is 104 Å². The van der Waals surface area contributed by atoms with Crippen molar-refractivity contribution in [3.05, 3.63) is 0 Å². The van der Waals surface area contributed by atoms with E-state index < -0.39 is 37.8 Å². The van der Waals surface area contributed by atoms with Crippen molar-refractivity contribution in [2.75, 3.05) is 33.0 Å². The molecule has 212 valence electrons.